The number of hydrogen-bond acceptors (Lipinski definition) is 2. The first-order valence-corrected chi connectivity index (χ1v) is 7.07. The Morgan fingerprint density at radius 1 is 1.41 bits per heavy atom. The molecule has 0 heterocycles. The summed E-state index contributed by atoms with van der Waals surface area (Å²) in [5.74, 6) is 0.894. The van der Waals surface area contributed by atoms with E-state index in [9.17, 15) is 10.4 Å². The second-order valence-corrected chi connectivity index (χ2v) is 6.58. The zero-order chi connectivity index (χ0) is 12.7. The highest BCUT2D eigenvalue weighted by atomic mass is 16.3. The zero-order valence-electron chi connectivity index (χ0n) is 11.4. The van der Waals surface area contributed by atoms with Gasteiger partial charge >= 0.3 is 0 Å². The maximum Gasteiger partial charge on any atom is 0.0689 e. The number of aliphatic hydroxyl groups excluding tert-OH is 1. The van der Waals surface area contributed by atoms with E-state index in [1.807, 2.05) is 0 Å². The van der Waals surface area contributed by atoms with E-state index in [1.165, 1.54) is 6.42 Å². The molecule has 2 aliphatic rings. The van der Waals surface area contributed by atoms with Gasteiger partial charge in [-0.3, -0.25) is 0 Å². The number of rotatable bonds is 2. The third-order valence-corrected chi connectivity index (χ3v) is 5.85. The van der Waals surface area contributed by atoms with Crippen molar-refractivity contribution in [2.24, 2.45) is 22.7 Å². The standard InChI is InChI=1S/C15H25NO/c1-4-14(2,10-16)13-8-7-11-12(17)6-5-9-15(11,13)3/h11-13,17H,4-9H2,1-3H3. The lowest BCUT2D eigenvalue weighted by atomic mass is 9.57. The summed E-state index contributed by atoms with van der Waals surface area (Å²) in [7, 11) is 0. The molecule has 0 spiro atoms. The Labute approximate surface area is 105 Å². The highest BCUT2D eigenvalue weighted by Gasteiger charge is 2.56. The van der Waals surface area contributed by atoms with E-state index in [-0.39, 0.29) is 16.9 Å². The Morgan fingerprint density at radius 3 is 2.71 bits per heavy atom. The van der Waals surface area contributed by atoms with Crippen molar-refractivity contribution in [1.29, 1.82) is 5.26 Å². The molecule has 2 aliphatic carbocycles. The van der Waals surface area contributed by atoms with Gasteiger partial charge < -0.3 is 5.11 Å². The van der Waals surface area contributed by atoms with E-state index in [4.69, 9.17) is 0 Å². The number of nitriles is 1. The number of aliphatic hydroxyl groups is 1. The van der Waals surface area contributed by atoms with E-state index in [0.29, 0.717) is 11.8 Å². The van der Waals surface area contributed by atoms with E-state index in [2.05, 4.69) is 26.8 Å². The molecular weight excluding hydrogens is 210 g/mol. The Balaban J connectivity index is 2.30. The quantitative estimate of drug-likeness (QED) is 0.796. The third kappa shape index (κ3) is 1.80. The van der Waals surface area contributed by atoms with Gasteiger partial charge in [-0.2, -0.15) is 5.26 Å². The summed E-state index contributed by atoms with van der Waals surface area (Å²) in [4.78, 5) is 0. The van der Waals surface area contributed by atoms with Crippen molar-refractivity contribution >= 4 is 0 Å². The number of fused-ring (bicyclic) bond motifs is 1. The van der Waals surface area contributed by atoms with Gasteiger partial charge in [0.05, 0.1) is 17.6 Å². The third-order valence-electron chi connectivity index (χ3n) is 5.85. The lowest BCUT2D eigenvalue weighted by Crippen LogP contribution is -2.44. The van der Waals surface area contributed by atoms with Crippen molar-refractivity contribution < 1.29 is 5.11 Å². The molecular formula is C15H25NO. The van der Waals surface area contributed by atoms with Crippen molar-refractivity contribution in [2.75, 3.05) is 0 Å². The Morgan fingerprint density at radius 2 is 2.12 bits per heavy atom. The van der Waals surface area contributed by atoms with Crippen LogP contribution in [0, 0.1) is 34.0 Å². The summed E-state index contributed by atoms with van der Waals surface area (Å²) >= 11 is 0. The molecule has 0 aromatic rings. The summed E-state index contributed by atoms with van der Waals surface area (Å²) in [5.41, 5.74) is -0.0152. The molecule has 0 aromatic heterocycles. The lowest BCUT2D eigenvalue weighted by Gasteiger charge is -2.47. The van der Waals surface area contributed by atoms with E-state index in [0.717, 1.165) is 32.1 Å². The molecule has 1 N–H and O–H groups in total. The van der Waals surface area contributed by atoms with Crippen molar-refractivity contribution in [3.63, 3.8) is 0 Å². The van der Waals surface area contributed by atoms with E-state index < -0.39 is 0 Å². The molecule has 0 saturated heterocycles. The second kappa shape index (κ2) is 4.28. The molecule has 0 bridgehead atoms. The van der Waals surface area contributed by atoms with Crippen LogP contribution in [0.15, 0.2) is 0 Å². The first-order valence-electron chi connectivity index (χ1n) is 7.07. The molecule has 5 atom stereocenters. The highest BCUT2D eigenvalue weighted by Crippen LogP contribution is 2.61. The minimum atomic E-state index is -0.208. The zero-order valence-corrected chi connectivity index (χ0v) is 11.4. The summed E-state index contributed by atoms with van der Waals surface area (Å²) < 4.78 is 0. The van der Waals surface area contributed by atoms with E-state index >= 15 is 0 Å². The molecule has 0 aliphatic heterocycles. The fourth-order valence-electron chi connectivity index (χ4n) is 4.60. The van der Waals surface area contributed by atoms with Crippen LogP contribution in [0.2, 0.25) is 0 Å². The molecule has 17 heavy (non-hydrogen) atoms. The Kier molecular flexibility index (Phi) is 3.25. The largest absolute Gasteiger partial charge is 0.393 e. The first-order chi connectivity index (χ1) is 7.98. The van der Waals surface area contributed by atoms with Crippen molar-refractivity contribution in [3.8, 4) is 6.07 Å². The molecule has 5 unspecified atom stereocenters. The molecule has 2 saturated carbocycles. The summed E-state index contributed by atoms with van der Waals surface area (Å²) in [6, 6.07) is 2.56. The minimum absolute atomic E-state index is 0.126. The molecule has 2 heteroatoms. The van der Waals surface area contributed by atoms with Gasteiger partial charge in [-0.25, -0.2) is 0 Å². The Hall–Kier alpha value is -0.550. The summed E-state index contributed by atoms with van der Waals surface area (Å²) in [6.07, 6.45) is 6.30. The predicted octanol–water partition coefficient (Wildman–Crippen LogP) is 3.50. The van der Waals surface area contributed by atoms with Gasteiger partial charge in [-0.15, -0.1) is 0 Å². The van der Waals surface area contributed by atoms with Gasteiger partial charge in [0.25, 0.3) is 0 Å². The molecule has 0 amide bonds. The highest BCUT2D eigenvalue weighted by molar-refractivity contribution is 5.11. The smallest absolute Gasteiger partial charge is 0.0689 e. The Bertz CT molecular complexity index is 334. The lowest BCUT2D eigenvalue weighted by molar-refractivity contribution is -0.0369. The SMILES string of the molecule is CCC(C)(C#N)C1CCC2C(O)CCCC21C. The van der Waals surface area contributed by atoms with Gasteiger partial charge in [0.15, 0.2) is 0 Å². The molecule has 0 radical (unpaired) electrons. The average molecular weight is 235 g/mol. The molecule has 2 nitrogen and oxygen atoms in total. The van der Waals surface area contributed by atoms with Crippen LogP contribution in [0.3, 0.4) is 0 Å². The van der Waals surface area contributed by atoms with Gasteiger partial charge in [0.2, 0.25) is 0 Å². The normalized spacial score (nSPS) is 44.8. The van der Waals surface area contributed by atoms with Crippen LogP contribution in [-0.4, -0.2) is 11.2 Å². The second-order valence-electron chi connectivity index (χ2n) is 6.58. The topological polar surface area (TPSA) is 44.0 Å². The fraction of sp³-hybridized carbons (Fsp3) is 0.933. The van der Waals surface area contributed by atoms with Crippen molar-refractivity contribution in [3.05, 3.63) is 0 Å². The van der Waals surface area contributed by atoms with Crippen LogP contribution >= 0.6 is 0 Å². The molecule has 2 fully saturated rings. The number of nitrogens with zero attached hydrogens (tertiary/aromatic N) is 1. The van der Waals surface area contributed by atoms with Crippen LogP contribution in [-0.2, 0) is 0 Å². The number of hydrogen-bond donors (Lipinski definition) is 1. The van der Waals surface area contributed by atoms with E-state index in [1.54, 1.807) is 0 Å². The molecule has 0 aromatic carbocycles. The van der Waals surface area contributed by atoms with Gasteiger partial charge in [0, 0.05) is 0 Å². The van der Waals surface area contributed by atoms with Crippen molar-refractivity contribution in [1.82, 2.24) is 0 Å². The maximum absolute atomic E-state index is 10.2. The summed E-state index contributed by atoms with van der Waals surface area (Å²) in [6.45, 7) is 6.56. The predicted molar refractivity (Wildman–Crippen MR) is 68.2 cm³/mol. The van der Waals surface area contributed by atoms with Gasteiger partial charge in [0.1, 0.15) is 0 Å². The van der Waals surface area contributed by atoms with Gasteiger partial charge in [-0.1, -0.05) is 20.3 Å². The van der Waals surface area contributed by atoms with Crippen molar-refractivity contribution in [2.45, 2.75) is 65.4 Å². The van der Waals surface area contributed by atoms with Crippen LogP contribution in [0.25, 0.3) is 0 Å². The molecule has 96 valence electrons. The maximum atomic E-state index is 10.2. The summed E-state index contributed by atoms with van der Waals surface area (Å²) in [5, 5.41) is 19.7. The van der Waals surface area contributed by atoms with Crippen LogP contribution in [0.5, 0.6) is 0 Å². The monoisotopic (exact) mass is 235 g/mol. The minimum Gasteiger partial charge on any atom is -0.393 e. The van der Waals surface area contributed by atoms with Crippen LogP contribution in [0.4, 0.5) is 0 Å². The van der Waals surface area contributed by atoms with Crippen LogP contribution < -0.4 is 0 Å². The average Bonchev–Trinajstić information content (AvgIpc) is 2.67. The molecule has 2 rings (SSSR count). The first kappa shape index (κ1) is 12.9. The van der Waals surface area contributed by atoms with Gasteiger partial charge in [-0.05, 0) is 56.3 Å². The fourth-order valence-corrected chi connectivity index (χ4v) is 4.60. The van der Waals surface area contributed by atoms with Crippen LogP contribution in [0.1, 0.15) is 59.3 Å².